The van der Waals surface area contributed by atoms with E-state index in [0.717, 1.165) is 30.5 Å². The summed E-state index contributed by atoms with van der Waals surface area (Å²) in [5.41, 5.74) is 2.55. The molecule has 0 radical (unpaired) electrons. The summed E-state index contributed by atoms with van der Waals surface area (Å²) in [5.74, 6) is -2.11. The number of benzene rings is 3. The molecule has 7 nitrogen and oxygen atoms in total. The lowest BCUT2D eigenvalue weighted by molar-refractivity contribution is 0.0157. The maximum absolute atomic E-state index is 15.6. The van der Waals surface area contributed by atoms with E-state index in [1.54, 1.807) is 49.4 Å². The van der Waals surface area contributed by atoms with Gasteiger partial charge in [-0.2, -0.15) is 0 Å². The van der Waals surface area contributed by atoms with Gasteiger partial charge in [0.05, 0.1) is 22.3 Å². The minimum absolute atomic E-state index is 0.00854. The van der Waals surface area contributed by atoms with Gasteiger partial charge < -0.3 is 19.1 Å². The molecule has 232 valence electrons. The van der Waals surface area contributed by atoms with Crippen LogP contribution in [0.5, 0.6) is 5.88 Å². The fraction of sp³-hybridized carbons (Fsp3) is 0.286. The zero-order chi connectivity index (χ0) is 31.7. The number of aryl methyl sites for hydroxylation is 1. The summed E-state index contributed by atoms with van der Waals surface area (Å²) in [6, 6.07) is 16.5. The molecule has 0 spiro atoms. The lowest BCUT2D eigenvalue weighted by atomic mass is 9.82. The molecule has 10 heteroatoms. The van der Waals surface area contributed by atoms with Gasteiger partial charge >= 0.3 is 5.97 Å². The molecular formula is C35H32F3N3O4. The number of hydrogen-bond acceptors (Lipinski definition) is 5. The molecule has 0 bridgehead atoms. The topological polar surface area (TPSA) is 86.5 Å². The monoisotopic (exact) mass is 615 g/mol. The number of carboxylic acids is 1. The minimum Gasteiger partial charge on any atom is -0.478 e. The Balaban J connectivity index is 1.29. The molecule has 45 heavy (non-hydrogen) atoms. The van der Waals surface area contributed by atoms with Gasteiger partial charge in [-0.3, -0.25) is 0 Å². The summed E-state index contributed by atoms with van der Waals surface area (Å²) in [6.45, 7) is 5.62. The van der Waals surface area contributed by atoms with Crippen molar-refractivity contribution >= 4 is 17.0 Å². The largest absolute Gasteiger partial charge is 0.478 e. The van der Waals surface area contributed by atoms with Crippen molar-refractivity contribution in [2.75, 3.05) is 13.2 Å². The first-order valence-corrected chi connectivity index (χ1v) is 14.7. The molecule has 0 saturated carbocycles. The molecule has 5 aromatic rings. The van der Waals surface area contributed by atoms with Crippen LogP contribution < -0.4 is 4.74 Å². The van der Waals surface area contributed by atoms with Gasteiger partial charge in [0.25, 0.3) is 0 Å². The van der Waals surface area contributed by atoms with E-state index in [-0.39, 0.29) is 46.7 Å². The van der Waals surface area contributed by atoms with Crippen molar-refractivity contribution < 1.29 is 32.5 Å². The van der Waals surface area contributed by atoms with Crippen molar-refractivity contribution in [3.05, 3.63) is 112 Å². The predicted molar refractivity (Wildman–Crippen MR) is 163 cm³/mol. The third-order valence-corrected chi connectivity index (χ3v) is 8.38. The molecule has 3 heterocycles. The summed E-state index contributed by atoms with van der Waals surface area (Å²) >= 11 is 0. The van der Waals surface area contributed by atoms with E-state index in [2.05, 4.69) is 11.9 Å². The van der Waals surface area contributed by atoms with Gasteiger partial charge in [0, 0.05) is 43.4 Å². The first-order valence-electron chi connectivity index (χ1n) is 14.7. The third-order valence-electron chi connectivity index (χ3n) is 8.38. The summed E-state index contributed by atoms with van der Waals surface area (Å²) in [5, 5.41) is 9.59. The van der Waals surface area contributed by atoms with Crippen LogP contribution in [-0.4, -0.2) is 38.8 Å². The second-order valence-corrected chi connectivity index (χ2v) is 11.9. The molecular weight excluding hydrogens is 583 g/mol. The van der Waals surface area contributed by atoms with Gasteiger partial charge in [-0.1, -0.05) is 25.1 Å². The SMILES string of the molecule is Cc1ccc(COc2cccc(-c3cc(F)c(Cc4nc5ccc(C(=O)O)cc5n4CC4(C)CCOCC4)cc3F)n2)c(F)c1. The van der Waals surface area contributed by atoms with Crippen molar-refractivity contribution in [3.8, 4) is 17.1 Å². The zero-order valence-electron chi connectivity index (χ0n) is 24.9. The molecule has 6 rings (SSSR count). The summed E-state index contributed by atoms with van der Waals surface area (Å²) in [4.78, 5) is 20.8. The number of carbonyl (C=O) groups is 1. The summed E-state index contributed by atoms with van der Waals surface area (Å²) in [6.07, 6.45) is 1.60. The van der Waals surface area contributed by atoms with Crippen LogP contribution in [0.4, 0.5) is 13.2 Å². The average molecular weight is 616 g/mol. The Morgan fingerprint density at radius 2 is 1.73 bits per heavy atom. The average Bonchev–Trinajstić information content (AvgIpc) is 3.34. The zero-order valence-corrected chi connectivity index (χ0v) is 24.9. The van der Waals surface area contributed by atoms with Crippen LogP contribution in [0.2, 0.25) is 0 Å². The number of aromatic nitrogens is 3. The number of pyridine rings is 1. The van der Waals surface area contributed by atoms with Crippen molar-refractivity contribution in [1.29, 1.82) is 0 Å². The van der Waals surface area contributed by atoms with Gasteiger partial charge in [-0.25, -0.2) is 27.9 Å². The van der Waals surface area contributed by atoms with E-state index in [4.69, 9.17) is 14.5 Å². The predicted octanol–water partition coefficient (Wildman–Crippen LogP) is 7.51. The number of halogens is 3. The summed E-state index contributed by atoms with van der Waals surface area (Å²) < 4.78 is 58.6. The first kappa shape index (κ1) is 30.3. The molecule has 0 aliphatic carbocycles. The first-order chi connectivity index (χ1) is 21.6. The number of aromatic carboxylic acids is 1. The van der Waals surface area contributed by atoms with E-state index < -0.39 is 23.4 Å². The van der Waals surface area contributed by atoms with Gasteiger partial charge in [0.1, 0.15) is 29.9 Å². The van der Waals surface area contributed by atoms with Crippen molar-refractivity contribution in [1.82, 2.24) is 14.5 Å². The smallest absolute Gasteiger partial charge is 0.335 e. The quantitative estimate of drug-likeness (QED) is 0.185. The molecule has 1 fully saturated rings. The standard InChI is InChI=1S/C35H32F3N3O4/c1-21-6-7-23(26(36)14-21)19-45-33-5-3-4-29(40-33)25-18-27(37)24(15-28(25)38)17-32-39-30-9-8-22(34(42)43)16-31(30)41(32)20-35(2)10-12-44-13-11-35/h3-9,14-16,18H,10-13,17,19-20H2,1-2H3,(H,42,43). The van der Waals surface area contributed by atoms with Gasteiger partial charge in [-0.05, 0) is 78.8 Å². The highest BCUT2D eigenvalue weighted by Gasteiger charge is 2.30. The van der Waals surface area contributed by atoms with E-state index in [1.165, 1.54) is 12.1 Å². The number of ether oxygens (including phenoxy) is 2. The highest BCUT2D eigenvalue weighted by atomic mass is 19.1. The maximum Gasteiger partial charge on any atom is 0.335 e. The summed E-state index contributed by atoms with van der Waals surface area (Å²) in [7, 11) is 0. The molecule has 2 aromatic heterocycles. The second kappa shape index (κ2) is 12.4. The fourth-order valence-electron chi connectivity index (χ4n) is 5.68. The molecule has 1 N–H and O–H groups in total. The van der Waals surface area contributed by atoms with E-state index >= 15 is 8.78 Å². The van der Waals surface area contributed by atoms with Gasteiger partial charge in [0.2, 0.25) is 5.88 Å². The fourth-order valence-corrected chi connectivity index (χ4v) is 5.68. The number of imidazole rings is 1. The van der Waals surface area contributed by atoms with Crippen LogP contribution in [0.15, 0.2) is 66.7 Å². The van der Waals surface area contributed by atoms with E-state index in [9.17, 15) is 14.3 Å². The molecule has 0 amide bonds. The molecule has 0 unspecified atom stereocenters. The minimum atomic E-state index is -1.06. The molecule has 1 saturated heterocycles. The van der Waals surface area contributed by atoms with Crippen molar-refractivity contribution in [2.45, 2.75) is 46.3 Å². The highest BCUT2D eigenvalue weighted by Crippen LogP contribution is 2.35. The molecule has 1 aliphatic rings. The van der Waals surface area contributed by atoms with Gasteiger partial charge in [0.15, 0.2) is 0 Å². The lowest BCUT2D eigenvalue weighted by Crippen LogP contribution is -2.31. The van der Waals surface area contributed by atoms with Crippen LogP contribution >= 0.6 is 0 Å². The molecule has 1 aliphatic heterocycles. The third kappa shape index (κ3) is 6.56. The van der Waals surface area contributed by atoms with Crippen LogP contribution in [-0.2, 0) is 24.3 Å². The Kier molecular flexibility index (Phi) is 8.33. The second-order valence-electron chi connectivity index (χ2n) is 11.9. The molecule has 3 aromatic carbocycles. The number of hydrogen-bond donors (Lipinski definition) is 1. The van der Waals surface area contributed by atoms with Crippen LogP contribution in [0.1, 0.15) is 52.6 Å². The Bertz CT molecular complexity index is 1900. The lowest BCUT2D eigenvalue weighted by Gasteiger charge is -2.34. The van der Waals surface area contributed by atoms with Gasteiger partial charge in [-0.15, -0.1) is 0 Å². The number of nitrogens with zero attached hydrogens (tertiary/aromatic N) is 3. The number of fused-ring (bicyclic) bond motifs is 1. The maximum atomic E-state index is 15.6. The van der Waals surface area contributed by atoms with Crippen LogP contribution in [0, 0.1) is 29.8 Å². The van der Waals surface area contributed by atoms with Crippen LogP contribution in [0.25, 0.3) is 22.3 Å². The number of rotatable bonds is 9. The van der Waals surface area contributed by atoms with Crippen molar-refractivity contribution in [2.24, 2.45) is 5.41 Å². The Morgan fingerprint density at radius 3 is 2.49 bits per heavy atom. The highest BCUT2D eigenvalue weighted by molar-refractivity contribution is 5.92. The van der Waals surface area contributed by atoms with E-state index in [0.29, 0.717) is 42.2 Å². The Hall–Kier alpha value is -4.70. The molecule has 0 atom stereocenters. The Morgan fingerprint density at radius 1 is 0.956 bits per heavy atom. The normalized spacial score (nSPS) is 14.5. The Labute approximate surface area is 258 Å². The van der Waals surface area contributed by atoms with E-state index in [1.807, 2.05) is 4.57 Å². The number of carboxylic acid groups (broad SMARTS) is 1. The van der Waals surface area contributed by atoms with Crippen LogP contribution in [0.3, 0.4) is 0 Å². The van der Waals surface area contributed by atoms with Crippen molar-refractivity contribution in [3.63, 3.8) is 0 Å².